The number of rotatable bonds is 2. The van der Waals surface area contributed by atoms with Crippen LogP contribution in [0.2, 0.25) is 0 Å². The van der Waals surface area contributed by atoms with E-state index in [0.29, 0.717) is 18.8 Å². The lowest BCUT2D eigenvalue weighted by molar-refractivity contribution is 0.0161. The molecule has 0 radical (unpaired) electrons. The van der Waals surface area contributed by atoms with Crippen LogP contribution in [0.3, 0.4) is 0 Å². The molecule has 0 N–H and O–H groups in total. The van der Waals surface area contributed by atoms with Crippen molar-refractivity contribution in [3.05, 3.63) is 41.7 Å². The molecule has 1 aliphatic heterocycles. The van der Waals surface area contributed by atoms with Crippen LogP contribution < -0.4 is 0 Å². The number of aromatic nitrogens is 1. The van der Waals surface area contributed by atoms with E-state index in [1.54, 1.807) is 25.1 Å². The zero-order valence-electron chi connectivity index (χ0n) is 10.9. The monoisotopic (exact) mass is 275 g/mol. The van der Waals surface area contributed by atoms with E-state index in [-0.39, 0.29) is 23.3 Å². The number of carbonyl (C=O) groups is 2. The largest absolute Gasteiger partial charge is 0.459 e. The van der Waals surface area contributed by atoms with Crippen LogP contribution in [0.1, 0.15) is 33.2 Å². The fraction of sp³-hybridized carbons (Fsp3) is 0.308. The van der Waals surface area contributed by atoms with E-state index in [0.717, 1.165) is 6.42 Å². The van der Waals surface area contributed by atoms with Crippen LogP contribution in [-0.4, -0.2) is 40.1 Å². The molecule has 104 valence electrons. The Balaban J connectivity index is 1.82. The van der Waals surface area contributed by atoms with Gasteiger partial charge in [0.15, 0.2) is 11.5 Å². The Morgan fingerprint density at radius 2 is 2.00 bits per heavy atom. The van der Waals surface area contributed by atoms with Crippen molar-refractivity contribution in [1.82, 2.24) is 15.2 Å². The molecule has 0 aromatic carbocycles. The highest BCUT2D eigenvalue weighted by molar-refractivity contribution is 5.97. The van der Waals surface area contributed by atoms with Crippen LogP contribution in [0.25, 0.3) is 0 Å². The molecule has 20 heavy (non-hydrogen) atoms. The van der Waals surface area contributed by atoms with Crippen molar-refractivity contribution in [1.29, 1.82) is 0 Å². The van der Waals surface area contributed by atoms with E-state index >= 15 is 0 Å². The van der Waals surface area contributed by atoms with Crippen LogP contribution in [0.4, 0.5) is 0 Å². The van der Waals surface area contributed by atoms with Gasteiger partial charge in [-0.05, 0) is 25.5 Å². The second-order valence-electron chi connectivity index (χ2n) is 4.51. The summed E-state index contributed by atoms with van der Waals surface area (Å²) in [4.78, 5) is 24.6. The van der Waals surface area contributed by atoms with Gasteiger partial charge in [0, 0.05) is 19.2 Å². The third-order valence-corrected chi connectivity index (χ3v) is 3.08. The average Bonchev–Trinajstić information content (AvgIpc) is 3.18. The predicted octanol–water partition coefficient (Wildman–Crippen LogP) is 1.48. The Kier molecular flexibility index (Phi) is 3.02. The highest BCUT2D eigenvalue weighted by atomic mass is 16.5. The van der Waals surface area contributed by atoms with E-state index < -0.39 is 0 Å². The van der Waals surface area contributed by atoms with Crippen LogP contribution in [0, 0.1) is 6.92 Å². The minimum absolute atomic E-state index is 0.196. The Morgan fingerprint density at radius 3 is 2.60 bits per heavy atom. The van der Waals surface area contributed by atoms with Gasteiger partial charge in [0.2, 0.25) is 0 Å². The maximum absolute atomic E-state index is 12.3. The average molecular weight is 275 g/mol. The minimum atomic E-state index is -0.348. The lowest BCUT2D eigenvalue weighted by Gasteiger charge is -2.26. The lowest BCUT2D eigenvalue weighted by Crippen LogP contribution is -2.44. The summed E-state index contributed by atoms with van der Waals surface area (Å²) in [7, 11) is 0. The smallest absolute Gasteiger partial charge is 0.308 e. The first-order valence-electron chi connectivity index (χ1n) is 6.27. The molecule has 7 nitrogen and oxygen atoms in total. The number of furan rings is 1. The lowest BCUT2D eigenvalue weighted by atomic mass is 10.3. The molecule has 0 unspecified atom stereocenters. The SMILES string of the molecule is Cc1cc(C(=O)N2CCCN2C(=O)c2ccco2)no1. The molecule has 0 spiro atoms. The Hall–Kier alpha value is -2.57. The summed E-state index contributed by atoms with van der Waals surface area (Å²) in [6, 6.07) is 4.76. The molecule has 3 heterocycles. The van der Waals surface area contributed by atoms with Gasteiger partial charge in [-0.25, -0.2) is 10.0 Å². The molecular formula is C13H13N3O4. The molecule has 1 aliphatic rings. The molecule has 1 saturated heterocycles. The summed E-state index contributed by atoms with van der Waals surface area (Å²) in [5.74, 6) is 0.0813. The van der Waals surface area contributed by atoms with E-state index in [4.69, 9.17) is 8.94 Å². The Labute approximate surface area is 114 Å². The molecule has 3 rings (SSSR count). The number of nitrogens with zero attached hydrogens (tertiary/aromatic N) is 3. The van der Waals surface area contributed by atoms with E-state index in [1.807, 2.05) is 0 Å². The van der Waals surface area contributed by atoms with Crippen molar-refractivity contribution < 1.29 is 18.5 Å². The predicted molar refractivity (Wildman–Crippen MR) is 66.6 cm³/mol. The van der Waals surface area contributed by atoms with Gasteiger partial charge in [-0.2, -0.15) is 0 Å². The molecule has 7 heteroatoms. The highest BCUT2D eigenvalue weighted by Crippen LogP contribution is 2.18. The molecular weight excluding hydrogens is 262 g/mol. The fourth-order valence-corrected chi connectivity index (χ4v) is 2.16. The third-order valence-electron chi connectivity index (χ3n) is 3.08. The number of carbonyl (C=O) groups excluding carboxylic acids is 2. The second-order valence-corrected chi connectivity index (χ2v) is 4.51. The van der Waals surface area contributed by atoms with Crippen LogP contribution in [0.15, 0.2) is 33.4 Å². The van der Waals surface area contributed by atoms with Gasteiger partial charge in [0.1, 0.15) is 5.76 Å². The van der Waals surface area contributed by atoms with Crippen LogP contribution in [-0.2, 0) is 0 Å². The maximum atomic E-state index is 12.3. The quantitative estimate of drug-likeness (QED) is 0.829. The zero-order valence-corrected chi connectivity index (χ0v) is 10.9. The number of amides is 2. The van der Waals surface area contributed by atoms with Gasteiger partial charge < -0.3 is 8.94 Å². The van der Waals surface area contributed by atoms with E-state index in [9.17, 15) is 9.59 Å². The van der Waals surface area contributed by atoms with Crippen LogP contribution >= 0.6 is 0 Å². The third kappa shape index (κ3) is 2.07. The summed E-state index contributed by atoms with van der Waals surface area (Å²) < 4.78 is 9.98. The molecule has 0 atom stereocenters. The number of hydrogen-bond donors (Lipinski definition) is 0. The normalized spacial score (nSPS) is 14.8. The number of hydrazine groups is 1. The maximum Gasteiger partial charge on any atom is 0.308 e. The molecule has 0 aliphatic carbocycles. The van der Waals surface area contributed by atoms with Gasteiger partial charge in [-0.1, -0.05) is 5.16 Å². The first-order chi connectivity index (χ1) is 9.66. The zero-order chi connectivity index (χ0) is 14.1. The van der Waals surface area contributed by atoms with E-state index in [2.05, 4.69) is 5.16 Å². The molecule has 2 aromatic heterocycles. The van der Waals surface area contributed by atoms with Crippen molar-refractivity contribution in [2.45, 2.75) is 13.3 Å². The van der Waals surface area contributed by atoms with Crippen molar-refractivity contribution in [3.8, 4) is 0 Å². The molecule has 0 bridgehead atoms. The fourth-order valence-electron chi connectivity index (χ4n) is 2.16. The minimum Gasteiger partial charge on any atom is -0.459 e. The Morgan fingerprint density at radius 1 is 1.25 bits per heavy atom. The molecule has 2 aromatic rings. The van der Waals surface area contributed by atoms with Crippen LogP contribution in [0.5, 0.6) is 0 Å². The summed E-state index contributed by atoms with van der Waals surface area (Å²) in [6.07, 6.45) is 2.14. The summed E-state index contributed by atoms with van der Waals surface area (Å²) >= 11 is 0. The molecule has 1 fully saturated rings. The first kappa shape index (κ1) is 12.5. The summed E-state index contributed by atoms with van der Waals surface area (Å²) in [5.41, 5.74) is 0.196. The second kappa shape index (κ2) is 4.84. The van der Waals surface area contributed by atoms with Gasteiger partial charge >= 0.3 is 5.91 Å². The van der Waals surface area contributed by atoms with Crippen molar-refractivity contribution in [2.24, 2.45) is 0 Å². The topological polar surface area (TPSA) is 79.8 Å². The van der Waals surface area contributed by atoms with Gasteiger partial charge in [0.25, 0.3) is 5.91 Å². The van der Waals surface area contributed by atoms with E-state index in [1.165, 1.54) is 16.3 Å². The number of aryl methyl sites for hydroxylation is 1. The number of hydrogen-bond acceptors (Lipinski definition) is 5. The highest BCUT2D eigenvalue weighted by Gasteiger charge is 2.34. The van der Waals surface area contributed by atoms with Crippen molar-refractivity contribution in [2.75, 3.05) is 13.1 Å². The standard InChI is InChI=1S/C13H13N3O4/c1-9-8-10(14-20-9)12(17)15-5-3-6-16(15)13(18)11-4-2-7-19-11/h2,4,7-8H,3,5-6H2,1H3. The Bertz CT molecular complexity index is 632. The molecule has 2 amide bonds. The van der Waals surface area contributed by atoms with Crippen molar-refractivity contribution >= 4 is 11.8 Å². The first-order valence-corrected chi connectivity index (χ1v) is 6.27. The summed E-state index contributed by atoms with van der Waals surface area (Å²) in [5, 5.41) is 6.45. The van der Waals surface area contributed by atoms with Gasteiger partial charge in [-0.15, -0.1) is 0 Å². The van der Waals surface area contributed by atoms with Crippen molar-refractivity contribution in [3.63, 3.8) is 0 Å². The molecule has 0 saturated carbocycles. The van der Waals surface area contributed by atoms with Gasteiger partial charge in [-0.3, -0.25) is 9.59 Å². The summed E-state index contributed by atoms with van der Waals surface area (Å²) in [6.45, 7) is 2.65. The van der Waals surface area contributed by atoms with Gasteiger partial charge in [0.05, 0.1) is 6.26 Å².